The van der Waals surface area contributed by atoms with Crippen molar-refractivity contribution >= 4 is 5.84 Å². The van der Waals surface area contributed by atoms with Crippen LogP contribution >= 0.6 is 0 Å². The Hall–Kier alpha value is -0.830. The fourth-order valence-corrected chi connectivity index (χ4v) is 1.32. The van der Waals surface area contributed by atoms with Crippen LogP contribution in [0, 0.1) is 0 Å². The van der Waals surface area contributed by atoms with Crippen LogP contribution in [0.3, 0.4) is 0 Å². The van der Waals surface area contributed by atoms with E-state index in [-0.39, 0.29) is 5.54 Å². The van der Waals surface area contributed by atoms with Crippen LogP contribution in [0.15, 0.2) is 16.6 Å². The van der Waals surface area contributed by atoms with Gasteiger partial charge in [0.05, 0.1) is 5.84 Å². The predicted octanol–water partition coefficient (Wildman–Crippen LogP) is 1.83. The molecule has 0 rings (SSSR count). The fourth-order valence-electron chi connectivity index (χ4n) is 1.32. The Morgan fingerprint density at radius 3 is 2.36 bits per heavy atom. The van der Waals surface area contributed by atoms with Crippen molar-refractivity contribution in [2.45, 2.75) is 46.1 Å². The number of nitrogens with zero attached hydrogens (tertiary/aromatic N) is 1. The van der Waals surface area contributed by atoms with Crippen LogP contribution in [0.1, 0.15) is 40.5 Å². The molecule has 0 spiro atoms. The van der Waals surface area contributed by atoms with Gasteiger partial charge in [0, 0.05) is 12.1 Å². The first kappa shape index (κ1) is 13.2. The van der Waals surface area contributed by atoms with Crippen LogP contribution < -0.4 is 11.5 Å². The second-order valence-corrected chi connectivity index (χ2v) is 4.44. The van der Waals surface area contributed by atoms with Crippen molar-refractivity contribution in [2.75, 3.05) is 6.54 Å². The molecule has 0 atom stereocenters. The van der Waals surface area contributed by atoms with E-state index in [2.05, 4.69) is 18.0 Å². The molecule has 4 N–H and O–H groups in total. The summed E-state index contributed by atoms with van der Waals surface area (Å²) in [6.07, 6.45) is 4.18. The molecule has 0 fully saturated rings. The Kier molecular flexibility index (Phi) is 5.46. The van der Waals surface area contributed by atoms with Crippen molar-refractivity contribution in [1.82, 2.24) is 0 Å². The summed E-state index contributed by atoms with van der Waals surface area (Å²) in [6.45, 7) is 8.72. The molecule has 3 heteroatoms. The second kappa shape index (κ2) is 5.81. The average molecular weight is 197 g/mol. The summed E-state index contributed by atoms with van der Waals surface area (Å²) >= 11 is 0. The van der Waals surface area contributed by atoms with Gasteiger partial charge < -0.3 is 11.5 Å². The number of hydrogen-bond acceptors (Lipinski definition) is 2. The highest BCUT2D eigenvalue weighted by Gasteiger charge is 2.05. The Morgan fingerprint density at radius 1 is 1.36 bits per heavy atom. The van der Waals surface area contributed by atoms with Crippen LogP contribution in [-0.4, -0.2) is 17.9 Å². The maximum absolute atomic E-state index is 5.86. The van der Waals surface area contributed by atoms with Crippen LogP contribution in [0.4, 0.5) is 0 Å². The van der Waals surface area contributed by atoms with Crippen molar-refractivity contribution in [1.29, 1.82) is 0 Å². The predicted molar refractivity (Wildman–Crippen MR) is 63.4 cm³/mol. The van der Waals surface area contributed by atoms with E-state index in [0.29, 0.717) is 5.84 Å². The van der Waals surface area contributed by atoms with E-state index in [4.69, 9.17) is 11.5 Å². The molecular weight excluding hydrogens is 174 g/mol. The molecule has 0 amide bonds. The molecule has 0 aromatic carbocycles. The molecule has 0 aromatic rings. The van der Waals surface area contributed by atoms with Crippen molar-refractivity contribution in [3.8, 4) is 0 Å². The van der Waals surface area contributed by atoms with Gasteiger partial charge in [0.2, 0.25) is 0 Å². The summed E-state index contributed by atoms with van der Waals surface area (Å²) in [7, 11) is 0. The molecule has 0 saturated carbocycles. The van der Waals surface area contributed by atoms with E-state index in [1.54, 1.807) is 0 Å². The number of amidine groups is 1. The standard InChI is InChI=1S/C11H23N3/c1-9(8-11(3,4)13)6-5-7-14-10(2)12/h8H,5-7,13H2,1-4H3,(H2,12,14)/b9-8+. The zero-order valence-electron chi connectivity index (χ0n) is 9.80. The van der Waals surface area contributed by atoms with E-state index >= 15 is 0 Å². The minimum Gasteiger partial charge on any atom is -0.388 e. The third-order valence-corrected chi connectivity index (χ3v) is 1.71. The zero-order valence-corrected chi connectivity index (χ0v) is 9.80. The van der Waals surface area contributed by atoms with Crippen molar-refractivity contribution < 1.29 is 0 Å². The van der Waals surface area contributed by atoms with E-state index in [9.17, 15) is 0 Å². The molecule has 3 nitrogen and oxygen atoms in total. The topological polar surface area (TPSA) is 64.4 Å². The van der Waals surface area contributed by atoms with Gasteiger partial charge in [-0.25, -0.2) is 0 Å². The lowest BCUT2D eigenvalue weighted by Gasteiger charge is -2.14. The summed E-state index contributed by atoms with van der Waals surface area (Å²) in [4.78, 5) is 4.13. The van der Waals surface area contributed by atoms with E-state index in [0.717, 1.165) is 19.4 Å². The third kappa shape index (κ3) is 9.26. The normalized spacial score (nSPS) is 14.6. The highest BCUT2D eigenvalue weighted by atomic mass is 14.8. The molecule has 0 radical (unpaired) electrons. The Bertz CT molecular complexity index is 217. The van der Waals surface area contributed by atoms with Crippen LogP contribution in [0.25, 0.3) is 0 Å². The van der Waals surface area contributed by atoms with E-state index in [1.807, 2.05) is 20.8 Å². The summed E-state index contributed by atoms with van der Waals surface area (Å²) in [5.74, 6) is 0.658. The quantitative estimate of drug-likeness (QED) is 0.305. The smallest absolute Gasteiger partial charge is 0.0905 e. The van der Waals surface area contributed by atoms with Gasteiger partial charge in [-0.05, 0) is 40.5 Å². The van der Waals surface area contributed by atoms with Crippen molar-refractivity contribution in [3.05, 3.63) is 11.6 Å². The van der Waals surface area contributed by atoms with E-state index < -0.39 is 0 Å². The zero-order chi connectivity index (χ0) is 11.2. The Labute approximate surface area is 87.3 Å². The first-order valence-electron chi connectivity index (χ1n) is 5.05. The molecule has 82 valence electrons. The molecule has 0 aliphatic rings. The van der Waals surface area contributed by atoms with E-state index in [1.165, 1.54) is 5.57 Å². The lowest BCUT2D eigenvalue weighted by Crippen LogP contribution is -2.29. The maximum Gasteiger partial charge on any atom is 0.0905 e. The number of allylic oxidation sites excluding steroid dienone is 1. The summed E-state index contributed by atoms with van der Waals surface area (Å²) in [6, 6.07) is 0. The summed E-state index contributed by atoms with van der Waals surface area (Å²) < 4.78 is 0. The number of hydrogen-bond donors (Lipinski definition) is 2. The van der Waals surface area contributed by atoms with Gasteiger partial charge in [0.25, 0.3) is 0 Å². The monoisotopic (exact) mass is 197 g/mol. The Balaban J connectivity index is 3.81. The van der Waals surface area contributed by atoms with Gasteiger partial charge in [-0.15, -0.1) is 0 Å². The van der Waals surface area contributed by atoms with Gasteiger partial charge >= 0.3 is 0 Å². The molecule has 0 unspecified atom stereocenters. The summed E-state index contributed by atoms with van der Waals surface area (Å²) in [5.41, 5.74) is 12.4. The average Bonchev–Trinajstić information content (AvgIpc) is 1.94. The molecule has 0 aromatic heterocycles. The first-order chi connectivity index (χ1) is 6.31. The molecule has 0 saturated heterocycles. The largest absolute Gasteiger partial charge is 0.388 e. The second-order valence-electron chi connectivity index (χ2n) is 4.44. The third-order valence-electron chi connectivity index (χ3n) is 1.71. The molecule has 0 heterocycles. The van der Waals surface area contributed by atoms with Crippen LogP contribution in [0.2, 0.25) is 0 Å². The minimum absolute atomic E-state index is 0.211. The molecule has 0 aliphatic carbocycles. The molecule has 0 aliphatic heterocycles. The Morgan fingerprint density at radius 2 is 1.93 bits per heavy atom. The minimum atomic E-state index is -0.211. The fraction of sp³-hybridized carbons (Fsp3) is 0.727. The molecule has 0 bridgehead atoms. The maximum atomic E-state index is 5.86. The highest BCUT2D eigenvalue weighted by molar-refractivity contribution is 5.77. The van der Waals surface area contributed by atoms with Crippen molar-refractivity contribution in [2.24, 2.45) is 16.5 Å². The van der Waals surface area contributed by atoms with Gasteiger partial charge in [-0.1, -0.05) is 11.6 Å². The van der Waals surface area contributed by atoms with Crippen molar-refractivity contribution in [3.63, 3.8) is 0 Å². The summed E-state index contributed by atoms with van der Waals surface area (Å²) in [5, 5.41) is 0. The number of rotatable bonds is 5. The van der Waals surface area contributed by atoms with Gasteiger partial charge in [-0.3, -0.25) is 4.99 Å². The molecule has 14 heavy (non-hydrogen) atoms. The van der Waals surface area contributed by atoms with Crippen LogP contribution in [0.5, 0.6) is 0 Å². The number of nitrogens with two attached hydrogens (primary N) is 2. The lowest BCUT2D eigenvalue weighted by molar-refractivity contribution is 0.642. The van der Waals surface area contributed by atoms with Gasteiger partial charge in [0.1, 0.15) is 0 Å². The van der Waals surface area contributed by atoms with Gasteiger partial charge in [-0.2, -0.15) is 0 Å². The number of aliphatic imine (C=N–C) groups is 1. The van der Waals surface area contributed by atoms with Gasteiger partial charge in [0.15, 0.2) is 0 Å². The highest BCUT2D eigenvalue weighted by Crippen LogP contribution is 2.09. The first-order valence-corrected chi connectivity index (χ1v) is 5.05. The SMILES string of the molecule is CC(N)=NCCC/C(C)=C/C(C)(C)N. The van der Waals surface area contributed by atoms with Crippen LogP contribution in [-0.2, 0) is 0 Å². The molecular formula is C11H23N3. The lowest BCUT2D eigenvalue weighted by atomic mass is 10.0.